The summed E-state index contributed by atoms with van der Waals surface area (Å²) >= 11 is 5.98. The van der Waals surface area contributed by atoms with E-state index in [0.29, 0.717) is 24.6 Å². The van der Waals surface area contributed by atoms with Crippen molar-refractivity contribution in [2.75, 3.05) is 19.8 Å². The van der Waals surface area contributed by atoms with Crippen molar-refractivity contribution in [3.05, 3.63) is 34.9 Å². The molecule has 122 valence electrons. The van der Waals surface area contributed by atoms with Crippen LogP contribution in [0.15, 0.2) is 24.3 Å². The van der Waals surface area contributed by atoms with Gasteiger partial charge in [0.2, 0.25) is 0 Å². The number of amides is 2. The van der Waals surface area contributed by atoms with Crippen LogP contribution in [0.1, 0.15) is 31.7 Å². The van der Waals surface area contributed by atoms with Gasteiger partial charge in [-0.2, -0.15) is 0 Å². The van der Waals surface area contributed by atoms with Crippen LogP contribution >= 0.6 is 11.6 Å². The molecule has 22 heavy (non-hydrogen) atoms. The van der Waals surface area contributed by atoms with Gasteiger partial charge in [0.15, 0.2) is 0 Å². The standard InChI is InChI=1S/C16H23ClN2O3/c1-2-3-10-22-11-6-9-18-15(20)16(21)19-12-13-7-4-5-8-14(13)17/h4-5,7-8H,2-3,6,9-12H2,1H3,(H,18,20)(H,19,21). The van der Waals surface area contributed by atoms with E-state index in [1.165, 1.54) is 0 Å². The fraction of sp³-hybridized carbons (Fsp3) is 0.500. The SMILES string of the molecule is CCCCOCCCNC(=O)C(=O)NCc1ccccc1Cl. The Balaban J connectivity index is 2.15. The summed E-state index contributed by atoms with van der Waals surface area (Å²) in [6.45, 7) is 4.08. The number of rotatable bonds is 9. The van der Waals surface area contributed by atoms with E-state index in [1.54, 1.807) is 12.1 Å². The molecule has 1 aromatic rings. The van der Waals surface area contributed by atoms with E-state index < -0.39 is 11.8 Å². The van der Waals surface area contributed by atoms with Crippen molar-refractivity contribution in [3.8, 4) is 0 Å². The lowest BCUT2D eigenvalue weighted by molar-refractivity contribution is -0.139. The Morgan fingerprint density at radius 3 is 2.50 bits per heavy atom. The van der Waals surface area contributed by atoms with Crippen LogP contribution in [0.2, 0.25) is 5.02 Å². The van der Waals surface area contributed by atoms with Gasteiger partial charge in [-0.1, -0.05) is 43.1 Å². The van der Waals surface area contributed by atoms with Crippen molar-refractivity contribution >= 4 is 23.4 Å². The molecule has 2 N–H and O–H groups in total. The van der Waals surface area contributed by atoms with Crippen LogP contribution in [0, 0.1) is 0 Å². The number of carbonyl (C=O) groups is 2. The molecule has 5 nitrogen and oxygen atoms in total. The van der Waals surface area contributed by atoms with Crippen molar-refractivity contribution in [3.63, 3.8) is 0 Å². The van der Waals surface area contributed by atoms with E-state index in [1.807, 2.05) is 12.1 Å². The lowest BCUT2D eigenvalue weighted by atomic mass is 10.2. The van der Waals surface area contributed by atoms with Gasteiger partial charge in [0.05, 0.1) is 0 Å². The Morgan fingerprint density at radius 1 is 1.09 bits per heavy atom. The van der Waals surface area contributed by atoms with Crippen molar-refractivity contribution in [1.29, 1.82) is 0 Å². The average Bonchev–Trinajstić information content (AvgIpc) is 2.52. The van der Waals surface area contributed by atoms with Crippen LogP contribution in [-0.4, -0.2) is 31.6 Å². The molecule has 0 aliphatic heterocycles. The highest BCUT2D eigenvalue weighted by Gasteiger charge is 2.12. The number of hydrogen-bond acceptors (Lipinski definition) is 3. The second-order valence-corrected chi connectivity index (χ2v) is 5.26. The number of nitrogens with one attached hydrogen (secondary N) is 2. The van der Waals surface area contributed by atoms with Gasteiger partial charge in [0, 0.05) is 31.3 Å². The number of ether oxygens (including phenoxy) is 1. The number of unbranched alkanes of at least 4 members (excludes halogenated alkanes) is 1. The molecule has 0 aromatic heterocycles. The van der Waals surface area contributed by atoms with Gasteiger partial charge in [0.25, 0.3) is 0 Å². The molecule has 1 aromatic carbocycles. The molecule has 0 aliphatic rings. The summed E-state index contributed by atoms with van der Waals surface area (Å²) in [6, 6.07) is 7.17. The predicted molar refractivity (Wildman–Crippen MR) is 86.7 cm³/mol. The molecule has 1 rings (SSSR count). The van der Waals surface area contributed by atoms with Gasteiger partial charge in [-0.05, 0) is 24.5 Å². The summed E-state index contributed by atoms with van der Waals surface area (Å²) in [6.07, 6.45) is 2.83. The Hall–Kier alpha value is -1.59. The van der Waals surface area contributed by atoms with Gasteiger partial charge in [0.1, 0.15) is 0 Å². The topological polar surface area (TPSA) is 67.4 Å². The Morgan fingerprint density at radius 2 is 1.77 bits per heavy atom. The maximum atomic E-state index is 11.6. The maximum Gasteiger partial charge on any atom is 0.309 e. The first-order chi connectivity index (χ1) is 10.6. The Bertz CT molecular complexity index is 480. The molecule has 0 aliphatic carbocycles. The number of benzene rings is 1. The van der Waals surface area contributed by atoms with Crippen LogP contribution in [0.4, 0.5) is 0 Å². The van der Waals surface area contributed by atoms with E-state index in [9.17, 15) is 9.59 Å². The molecule has 0 fully saturated rings. The highest BCUT2D eigenvalue weighted by atomic mass is 35.5. The molecule has 2 amide bonds. The monoisotopic (exact) mass is 326 g/mol. The Labute approximate surface area is 136 Å². The van der Waals surface area contributed by atoms with E-state index in [2.05, 4.69) is 17.6 Å². The van der Waals surface area contributed by atoms with Crippen LogP contribution in [0.3, 0.4) is 0 Å². The normalized spacial score (nSPS) is 10.3. The maximum absolute atomic E-state index is 11.6. The van der Waals surface area contributed by atoms with Crippen LogP contribution in [0.5, 0.6) is 0 Å². The number of hydrogen-bond donors (Lipinski definition) is 2. The zero-order chi connectivity index (χ0) is 16.2. The van der Waals surface area contributed by atoms with Crippen molar-refractivity contribution in [2.24, 2.45) is 0 Å². The van der Waals surface area contributed by atoms with Gasteiger partial charge >= 0.3 is 11.8 Å². The first-order valence-corrected chi connectivity index (χ1v) is 7.90. The van der Waals surface area contributed by atoms with Gasteiger partial charge in [-0.3, -0.25) is 9.59 Å². The Kier molecular flexibility index (Phi) is 9.26. The molecule has 6 heteroatoms. The van der Waals surface area contributed by atoms with E-state index in [-0.39, 0.29) is 6.54 Å². The second kappa shape index (κ2) is 11.0. The largest absolute Gasteiger partial charge is 0.381 e. The van der Waals surface area contributed by atoms with Gasteiger partial charge in [-0.25, -0.2) is 0 Å². The summed E-state index contributed by atoms with van der Waals surface area (Å²) in [5, 5.41) is 5.66. The molecule has 0 radical (unpaired) electrons. The van der Waals surface area contributed by atoms with E-state index in [0.717, 1.165) is 25.0 Å². The molecule has 0 saturated heterocycles. The smallest absolute Gasteiger partial charge is 0.309 e. The lowest BCUT2D eigenvalue weighted by Gasteiger charge is -2.08. The summed E-state index contributed by atoms with van der Waals surface area (Å²) in [7, 11) is 0. The number of halogens is 1. The summed E-state index contributed by atoms with van der Waals surface area (Å²) in [5.74, 6) is -1.30. The van der Waals surface area contributed by atoms with E-state index >= 15 is 0 Å². The highest BCUT2D eigenvalue weighted by molar-refractivity contribution is 6.35. The zero-order valence-electron chi connectivity index (χ0n) is 12.9. The van der Waals surface area contributed by atoms with Gasteiger partial charge < -0.3 is 15.4 Å². The zero-order valence-corrected chi connectivity index (χ0v) is 13.6. The minimum Gasteiger partial charge on any atom is -0.381 e. The molecule has 0 bridgehead atoms. The minimum absolute atomic E-state index is 0.228. The fourth-order valence-electron chi connectivity index (χ4n) is 1.70. The third-order valence-corrected chi connectivity index (χ3v) is 3.37. The molecular weight excluding hydrogens is 304 g/mol. The molecular formula is C16H23ClN2O3. The molecule has 0 spiro atoms. The fourth-order valence-corrected chi connectivity index (χ4v) is 1.90. The van der Waals surface area contributed by atoms with Crippen molar-refractivity contribution in [2.45, 2.75) is 32.7 Å². The summed E-state index contributed by atoms with van der Waals surface area (Å²) < 4.78 is 5.37. The highest BCUT2D eigenvalue weighted by Crippen LogP contribution is 2.14. The van der Waals surface area contributed by atoms with Crippen LogP contribution < -0.4 is 10.6 Å². The van der Waals surface area contributed by atoms with Crippen LogP contribution in [-0.2, 0) is 20.9 Å². The van der Waals surface area contributed by atoms with E-state index in [4.69, 9.17) is 16.3 Å². The predicted octanol–water partition coefficient (Wildman–Crippen LogP) is 2.28. The van der Waals surface area contributed by atoms with Crippen molar-refractivity contribution < 1.29 is 14.3 Å². The second-order valence-electron chi connectivity index (χ2n) is 4.85. The molecule has 0 heterocycles. The summed E-state index contributed by atoms with van der Waals surface area (Å²) in [4.78, 5) is 23.2. The third kappa shape index (κ3) is 7.43. The lowest BCUT2D eigenvalue weighted by Crippen LogP contribution is -2.40. The third-order valence-electron chi connectivity index (χ3n) is 3.00. The van der Waals surface area contributed by atoms with Crippen molar-refractivity contribution in [1.82, 2.24) is 10.6 Å². The molecule has 0 saturated carbocycles. The minimum atomic E-state index is -0.660. The quantitative estimate of drug-likeness (QED) is 0.540. The summed E-state index contributed by atoms with van der Waals surface area (Å²) in [5.41, 5.74) is 0.773. The molecule has 0 atom stereocenters. The average molecular weight is 327 g/mol. The number of carbonyl (C=O) groups excluding carboxylic acids is 2. The molecule has 0 unspecified atom stereocenters. The first-order valence-electron chi connectivity index (χ1n) is 7.52. The first kappa shape index (κ1) is 18.5. The van der Waals surface area contributed by atoms with Gasteiger partial charge in [-0.15, -0.1) is 0 Å². The van der Waals surface area contributed by atoms with Crippen LogP contribution in [0.25, 0.3) is 0 Å².